The van der Waals surface area contributed by atoms with Gasteiger partial charge in [-0.05, 0) is 30.3 Å². The van der Waals surface area contributed by atoms with Crippen LogP contribution in [-0.4, -0.2) is 51.1 Å². The summed E-state index contributed by atoms with van der Waals surface area (Å²) in [5.41, 5.74) is 1.31. The smallest absolute Gasteiger partial charge is 0.257 e. The molecule has 1 heterocycles. The van der Waals surface area contributed by atoms with Crippen molar-refractivity contribution in [1.29, 1.82) is 0 Å². The Morgan fingerprint density at radius 3 is 2.46 bits per heavy atom. The SMILES string of the molecule is COc1cc(OC)cc(C(=O)Nc2ccc3c(c2)C(=O)N(C)CCO3)c1. The van der Waals surface area contributed by atoms with Crippen molar-refractivity contribution in [2.75, 3.05) is 39.7 Å². The lowest BCUT2D eigenvalue weighted by Crippen LogP contribution is -2.27. The Balaban J connectivity index is 1.86. The molecule has 0 unspecified atom stereocenters. The maximum atomic E-state index is 12.6. The van der Waals surface area contributed by atoms with Crippen molar-refractivity contribution in [1.82, 2.24) is 4.90 Å². The number of carbonyl (C=O) groups is 2. The Morgan fingerprint density at radius 2 is 1.81 bits per heavy atom. The number of hydrogen-bond donors (Lipinski definition) is 1. The predicted octanol–water partition coefficient (Wildman–Crippen LogP) is 2.42. The fourth-order valence-corrected chi connectivity index (χ4v) is 2.64. The third-order valence-electron chi connectivity index (χ3n) is 4.11. The van der Waals surface area contributed by atoms with E-state index in [1.165, 1.54) is 14.2 Å². The summed E-state index contributed by atoms with van der Waals surface area (Å²) in [6, 6.07) is 9.92. The standard InChI is InChI=1S/C19H20N2O5/c1-21-6-7-26-17-5-4-13(10-16(17)19(21)23)20-18(22)12-8-14(24-2)11-15(9-12)25-3/h4-5,8-11H,6-7H2,1-3H3,(H,20,22). The van der Waals surface area contributed by atoms with Crippen LogP contribution in [0.25, 0.3) is 0 Å². The Kier molecular flexibility index (Phi) is 4.97. The van der Waals surface area contributed by atoms with E-state index in [2.05, 4.69) is 5.32 Å². The average Bonchev–Trinajstić information content (AvgIpc) is 2.80. The first-order chi connectivity index (χ1) is 12.5. The van der Waals surface area contributed by atoms with Crippen molar-refractivity contribution in [2.24, 2.45) is 0 Å². The molecule has 26 heavy (non-hydrogen) atoms. The number of anilines is 1. The van der Waals surface area contributed by atoms with Crippen LogP contribution < -0.4 is 19.5 Å². The van der Waals surface area contributed by atoms with Crippen molar-refractivity contribution in [3.63, 3.8) is 0 Å². The lowest BCUT2D eigenvalue weighted by atomic mass is 10.1. The lowest BCUT2D eigenvalue weighted by molar-refractivity contribution is 0.0796. The minimum atomic E-state index is -0.336. The van der Waals surface area contributed by atoms with Gasteiger partial charge < -0.3 is 24.4 Å². The number of carbonyl (C=O) groups excluding carboxylic acids is 2. The van der Waals surface area contributed by atoms with E-state index >= 15 is 0 Å². The van der Waals surface area contributed by atoms with Gasteiger partial charge in [0.1, 0.15) is 23.9 Å². The molecule has 0 fully saturated rings. The number of amides is 2. The average molecular weight is 356 g/mol. The Labute approximate surface area is 151 Å². The summed E-state index contributed by atoms with van der Waals surface area (Å²) < 4.78 is 16.0. The van der Waals surface area contributed by atoms with E-state index < -0.39 is 0 Å². The van der Waals surface area contributed by atoms with Crippen molar-refractivity contribution in [3.8, 4) is 17.2 Å². The minimum Gasteiger partial charge on any atom is -0.497 e. The van der Waals surface area contributed by atoms with Crippen molar-refractivity contribution >= 4 is 17.5 Å². The predicted molar refractivity (Wildman–Crippen MR) is 96.4 cm³/mol. The molecule has 0 aromatic heterocycles. The fourth-order valence-electron chi connectivity index (χ4n) is 2.64. The molecule has 0 saturated carbocycles. The number of likely N-dealkylation sites (N-methyl/N-ethyl adjacent to an activating group) is 1. The van der Waals surface area contributed by atoms with Crippen LogP contribution in [0.4, 0.5) is 5.69 Å². The van der Waals surface area contributed by atoms with Crippen LogP contribution in [0.15, 0.2) is 36.4 Å². The zero-order valence-corrected chi connectivity index (χ0v) is 14.9. The highest BCUT2D eigenvalue weighted by atomic mass is 16.5. The van der Waals surface area contributed by atoms with E-state index in [1.807, 2.05) is 0 Å². The number of ether oxygens (including phenoxy) is 3. The molecule has 2 aromatic carbocycles. The number of fused-ring (bicyclic) bond motifs is 1. The van der Waals surface area contributed by atoms with Gasteiger partial charge >= 0.3 is 0 Å². The molecule has 7 heteroatoms. The van der Waals surface area contributed by atoms with Crippen LogP contribution in [0, 0.1) is 0 Å². The Hall–Kier alpha value is -3.22. The molecule has 0 aliphatic carbocycles. The molecule has 1 aliphatic heterocycles. The lowest BCUT2D eigenvalue weighted by Gasteiger charge is -2.13. The first kappa shape index (κ1) is 17.6. The largest absolute Gasteiger partial charge is 0.497 e. The summed E-state index contributed by atoms with van der Waals surface area (Å²) in [7, 11) is 4.75. The molecule has 1 N–H and O–H groups in total. The Bertz CT molecular complexity index is 828. The van der Waals surface area contributed by atoms with Crippen LogP contribution in [0.2, 0.25) is 0 Å². The van der Waals surface area contributed by atoms with Gasteiger partial charge in [0, 0.05) is 24.4 Å². The first-order valence-electron chi connectivity index (χ1n) is 8.08. The number of rotatable bonds is 4. The number of benzene rings is 2. The third-order valence-corrected chi connectivity index (χ3v) is 4.11. The van der Waals surface area contributed by atoms with Crippen LogP contribution in [0.3, 0.4) is 0 Å². The number of hydrogen-bond acceptors (Lipinski definition) is 5. The van der Waals surface area contributed by atoms with Gasteiger partial charge in [-0.2, -0.15) is 0 Å². The molecule has 0 spiro atoms. The first-order valence-corrected chi connectivity index (χ1v) is 8.08. The summed E-state index contributed by atoms with van der Waals surface area (Å²) in [5, 5.41) is 2.79. The van der Waals surface area contributed by atoms with Crippen LogP contribution >= 0.6 is 0 Å². The van der Waals surface area contributed by atoms with E-state index in [-0.39, 0.29) is 11.8 Å². The van der Waals surface area contributed by atoms with E-state index in [1.54, 1.807) is 48.3 Å². The highest BCUT2D eigenvalue weighted by Crippen LogP contribution is 2.27. The van der Waals surface area contributed by atoms with E-state index in [0.717, 1.165) is 0 Å². The summed E-state index contributed by atoms with van der Waals surface area (Å²) in [4.78, 5) is 26.6. The van der Waals surface area contributed by atoms with E-state index in [9.17, 15) is 9.59 Å². The molecule has 1 aliphatic rings. The van der Waals surface area contributed by atoms with Gasteiger partial charge in [-0.1, -0.05) is 0 Å². The number of methoxy groups -OCH3 is 2. The van der Waals surface area contributed by atoms with Gasteiger partial charge in [0.05, 0.1) is 26.3 Å². The second kappa shape index (κ2) is 7.35. The summed E-state index contributed by atoms with van der Waals surface area (Å²) >= 11 is 0. The molecule has 7 nitrogen and oxygen atoms in total. The molecule has 0 radical (unpaired) electrons. The molecule has 2 aromatic rings. The monoisotopic (exact) mass is 356 g/mol. The molecule has 0 saturated heterocycles. The Morgan fingerprint density at radius 1 is 1.12 bits per heavy atom. The number of nitrogens with one attached hydrogen (secondary N) is 1. The van der Waals surface area contributed by atoms with E-state index in [4.69, 9.17) is 14.2 Å². The third kappa shape index (κ3) is 3.56. The topological polar surface area (TPSA) is 77.1 Å². The van der Waals surface area contributed by atoms with Crippen LogP contribution in [0.5, 0.6) is 17.2 Å². The van der Waals surface area contributed by atoms with Crippen molar-refractivity contribution < 1.29 is 23.8 Å². The van der Waals surface area contributed by atoms with Gasteiger partial charge in [-0.3, -0.25) is 9.59 Å². The zero-order chi connectivity index (χ0) is 18.7. The zero-order valence-electron chi connectivity index (χ0n) is 14.9. The van der Waals surface area contributed by atoms with Gasteiger partial charge in [0.15, 0.2) is 0 Å². The molecule has 0 bridgehead atoms. The second-order valence-corrected chi connectivity index (χ2v) is 5.84. The van der Waals surface area contributed by atoms with Crippen molar-refractivity contribution in [2.45, 2.75) is 0 Å². The van der Waals surface area contributed by atoms with E-state index in [0.29, 0.717) is 47.2 Å². The summed E-state index contributed by atoms with van der Waals surface area (Å²) in [6.45, 7) is 0.948. The van der Waals surface area contributed by atoms with Gasteiger partial charge in [0.25, 0.3) is 11.8 Å². The maximum absolute atomic E-state index is 12.6. The highest BCUT2D eigenvalue weighted by Gasteiger charge is 2.21. The normalized spacial score (nSPS) is 13.3. The quantitative estimate of drug-likeness (QED) is 0.910. The summed E-state index contributed by atoms with van der Waals surface area (Å²) in [5.74, 6) is 1.07. The van der Waals surface area contributed by atoms with Gasteiger partial charge in [0.2, 0.25) is 0 Å². The molecule has 0 atom stereocenters. The molecular formula is C19H20N2O5. The van der Waals surface area contributed by atoms with Crippen LogP contribution in [-0.2, 0) is 0 Å². The fraction of sp³-hybridized carbons (Fsp3) is 0.263. The van der Waals surface area contributed by atoms with Gasteiger partial charge in [-0.25, -0.2) is 0 Å². The second-order valence-electron chi connectivity index (χ2n) is 5.84. The maximum Gasteiger partial charge on any atom is 0.257 e. The highest BCUT2D eigenvalue weighted by molar-refractivity contribution is 6.06. The minimum absolute atomic E-state index is 0.142. The molecule has 3 rings (SSSR count). The molecular weight excluding hydrogens is 336 g/mol. The number of nitrogens with zero attached hydrogens (tertiary/aromatic N) is 1. The van der Waals surface area contributed by atoms with Crippen molar-refractivity contribution in [3.05, 3.63) is 47.5 Å². The van der Waals surface area contributed by atoms with Gasteiger partial charge in [-0.15, -0.1) is 0 Å². The summed E-state index contributed by atoms with van der Waals surface area (Å²) in [6.07, 6.45) is 0. The van der Waals surface area contributed by atoms with Crippen LogP contribution in [0.1, 0.15) is 20.7 Å². The molecule has 2 amide bonds. The molecule has 136 valence electrons.